The highest BCUT2D eigenvalue weighted by Gasteiger charge is 2.11. The Balaban J connectivity index is 1.73. The molecule has 0 bridgehead atoms. The zero-order chi connectivity index (χ0) is 14.4. The molecule has 1 aromatic rings. The molecule has 0 unspecified atom stereocenters. The number of nitrogens with two attached hydrogens (primary N) is 1. The van der Waals surface area contributed by atoms with Gasteiger partial charge in [-0.15, -0.1) is 0 Å². The molecule has 0 aromatic heterocycles. The number of para-hydroxylation sites is 1. The summed E-state index contributed by atoms with van der Waals surface area (Å²) in [7, 11) is 0. The summed E-state index contributed by atoms with van der Waals surface area (Å²) >= 11 is 0. The minimum Gasteiger partial charge on any atom is -0.398 e. The number of nitrogens with one attached hydrogen (secondary N) is 1. The number of piperidine rings is 1. The number of hydrogen-bond donors (Lipinski definition) is 2. The number of aryl methyl sites for hydroxylation is 1. The third-order valence-electron chi connectivity index (χ3n) is 3.95. The van der Waals surface area contributed by atoms with Crippen molar-refractivity contribution >= 4 is 11.6 Å². The van der Waals surface area contributed by atoms with Crippen molar-refractivity contribution in [2.24, 2.45) is 0 Å². The Morgan fingerprint density at radius 1 is 1.30 bits per heavy atom. The summed E-state index contributed by atoms with van der Waals surface area (Å²) in [4.78, 5) is 14.5. The van der Waals surface area contributed by atoms with Crippen LogP contribution in [0.15, 0.2) is 18.2 Å². The molecule has 2 rings (SSSR count). The Kier molecular flexibility index (Phi) is 5.41. The van der Waals surface area contributed by atoms with Gasteiger partial charge in [0.15, 0.2) is 0 Å². The van der Waals surface area contributed by atoms with E-state index in [1.807, 2.05) is 19.1 Å². The normalized spacial score (nSPS) is 16.1. The number of carbonyl (C=O) groups is 1. The number of amides is 1. The zero-order valence-electron chi connectivity index (χ0n) is 12.3. The van der Waals surface area contributed by atoms with Crippen molar-refractivity contribution in [1.82, 2.24) is 10.2 Å². The maximum Gasteiger partial charge on any atom is 0.253 e. The molecule has 4 nitrogen and oxygen atoms in total. The van der Waals surface area contributed by atoms with E-state index < -0.39 is 0 Å². The first-order chi connectivity index (χ1) is 9.68. The molecule has 0 atom stereocenters. The highest BCUT2D eigenvalue weighted by atomic mass is 16.1. The molecule has 1 amide bonds. The van der Waals surface area contributed by atoms with E-state index in [4.69, 9.17) is 5.73 Å². The molecule has 1 heterocycles. The second kappa shape index (κ2) is 7.29. The van der Waals surface area contributed by atoms with Crippen LogP contribution in [0.25, 0.3) is 0 Å². The van der Waals surface area contributed by atoms with Crippen LogP contribution in [-0.4, -0.2) is 37.0 Å². The molecule has 4 heteroatoms. The average molecular weight is 275 g/mol. The number of likely N-dealkylation sites (tertiary alicyclic amines) is 1. The van der Waals surface area contributed by atoms with E-state index >= 15 is 0 Å². The van der Waals surface area contributed by atoms with Crippen molar-refractivity contribution in [2.75, 3.05) is 31.9 Å². The van der Waals surface area contributed by atoms with Gasteiger partial charge in [0.1, 0.15) is 0 Å². The van der Waals surface area contributed by atoms with Gasteiger partial charge in [-0.3, -0.25) is 4.79 Å². The predicted molar refractivity (Wildman–Crippen MR) is 82.8 cm³/mol. The SMILES string of the molecule is Cc1cccc(C(=O)NCCCN2CCCCC2)c1N. The molecule has 0 spiro atoms. The third-order valence-corrected chi connectivity index (χ3v) is 3.95. The van der Waals surface area contributed by atoms with Crippen LogP contribution in [0.4, 0.5) is 5.69 Å². The number of anilines is 1. The van der Waals surface area contributed by atoms with Gasteiger partial charge in [0.2, 0.25) is 0 Å². The Morgan fingerprint density at radius 3 is 2.80 bits per heavy atom. The molecule has 1 aliphatic heterocycles. The molecule has 0 radical (unpaired) electrons. The van der Waals surface area contributed by atoms with Gasteiger partial charge in [0.25, 0.3) is 5.91 Å². The van der Waals surface area contributed by atoms with E-state index in [-0.39, 0.29) is 5.91 Å². The Hall–Kier alpha value is -1.55. The van der Waals surface area contributed by atoms with Crippen LogP contribution in [0.1, 0.15) is 41.6 Å². The Labute approximate surface area is 121 Å². The standard InChI is InChI=1S/C16H25N3O/c1-13-7-5-8-14(15(13)17)16(20)18-9-6-12-19-10-3-2-4-11-19/h5,7-8H,2-4,6,9-12,17H2,1H3,(H,18,20). The van der Waals surface area contributed by atoms with E-state index in [0.717, 1.165) is 18.5 Å². The molecule has 1 aromatic carbocycles. The topological polar surface area (TPSA) is 58.4 Å². The fourth-order valence-electron chi connectivity index (χ4n) is 2.66. The zero-order valence-corrected chi connectivity index (χ0v) is 12.3. The molecule has 0 aliphatic carbocycles. The summed E-state index contributed by atoms with van der Waals surface area (Å²) in [6.45, 7) is 6.12. The monoisotopic (exact) mass is 275 g/mol. The smallest absolute Gasteiger partial charge is 0.253 e. The molecule has 110 valence electrons. The van der Waals surface area contributed by atoms with Crippen LogP contribution in [0, 0.1) is 6.92 Å². The second-order valence-electron chi connectivity index (χ2n) is 5.55. The molecule has 20 heavy (non-hydrogen) atoms. The minimum atomic E-state index is -0.0650. The lowest BCUT2D eigenvalue weighted by Crippen LogP contribution is -2.33. The van der Waals surface area contributed by atoms with Crippen LogP contribution >= 0.6 is 0 Å². The lowest BCUT2D eigenvalue weighted by Gasteiger charge is -2.26. The largest absolute Gasteiger partial charge is 0.398 e. The highest BCUT2D eigenvalue weighted by Crippen LogP contribution is 2.16. The van der Waals surface area contributed by atoms with Gasteiger partial charge >= 0.3 is 0 Å². The molecule has 0 saturated carbocycles. The first-order valence-electron chi connectivity index (χ1n) is 7.54. The van der Waals surface area contributed by atoms with E-state index in [9.17, 15) is 4.79 Å². The number of nitrogen functional groups attached to an aromatic ring is 1. The summed E-state index contributed by atoms with van der Waals surface area (Å²) in [6.07, 6.45) is 4.98. The van der Waals surface area contributed by atoms with Crippen LogP contribution in [0.3, 0.4) is 0 Å². The fourth-order valence-corrected chi connectivity index (χ4v) is 2.66. The van der Waals surface area contributed by atoms with Crippen molar-refractivity contribution in [3.63, 3.8) is 0 Å². The lowest BCUT2D eigenvalue weighted by atomic mass is 10.1. The first-order valence-corrected chi connectivity index (χ1v) is 7.54. The highest BCUT2D eigenvalue weighted by molar-refractivity contribution is 5.99. The summed E-state index contributed by atoms with van der Waals surface area (Å²) in [6, 6.07) is 5.57. The van der Waals surface area contributed by atoms with Crippen LogP contribution in [0.2, 0.25) is 0 Å². The van der Waals surface area contributed by atoms with E-state index in [1.165, 1.54) is 32.4 Å². The van der Waals surface area contributed by atoms with Crippen molar-refractivity contribution in [1.29, 1.82) is 0 Å². The van der Waals surface area contributed by atoms with Gasteiger partial charge in [-0.05, 0) is 57.5 Å². The Bertz CT molecular complexity index is 453. The van der Waals surface area contributed by atoms with Crippen molar-refractivity contribution in [3.8, 4) is 0 Å². The van der Waals surface area contributed by atoms with Crippen LogP contribution in [-0.2, 0) is 0 Å². The van der Waals surface area contributed by atoms with E-state index in [0.29, 0.717) is 17.8 Å². The van der Waals surface area contributed by atoms with E-state index in [2.05, 4.69) is 10.2 Å². The number of benzene rings is 1. The lowest BCUT2D eigenvalue weighted by molar-refractivity contribution is 0.0952. The van der Waals surface area contributed by atoms with Crippen molar-refractivity contribution in [3.05, 3.63) is 29.3 Å². The summed E-state index contributed by atoms with van der Waals surface area (Å²) in [5.41, 5.74) is 8.06. The second-order valence-corrected chi connectivity index (χ2v) is 5.55. The predicted octanol–water partition coefficient (Wildman–Crippen LogP) is 2.18. The van der Waals surface area contributed by atoms with Gasteiger partial charge in [-0.2, -0.15) is 0 Å². The quantitative estimate of drug-likeness (QED) is 0.639. The summed E-state index contributed by atoms with van der Waals surface area (Å²) in [5.74, 6) is -0.0650. The van der Waals surface area contributed by atoms with Gasteiger partial charge in [-0.1, -0.05) is 18.6 Å². The third kappa shape index (κ3) is 3.97. The van der Waals surface area contributed by atoms with Gasteiger partial charge in [-0.25, -0.2) is 0 Å². The molecule has 1 aliphatic rings. The number of hydrogen-bond acceptors (Lipinski definition) is 3. The maximum absolute atomic E-state index is 12.1. The Morgan fingerprint density at radius 2 is 2.05 bits per heavy atom. The molecule has 1 saturated heterocycles. The minimum absolute atomic E-state index is 0.0650. The number of carbonyl (C=O) groups excluding carboxylic acids is 1. The average Bonchev–Trinajstić information content (AvgIpc) is 2.47. The molecular formula is C16H25N3O. The molecule has 1 fully saturated rings. The van der Waals surface area contributed by atoms with Crippen molar-refractivity contribution < 1.29 is 4.79 Å². The van der Waals surface area contributed by atoms with E-state index in [1.54, 1.807) is 6.07 Å². The van der Waals surface area contributed by atoms with Gasteiger partial charge < -0.3 is 16.0 Å². The fraction of sp³-hybridized carbons (Fsp3) is 0.562. The summed E-state index contributed by atoms with van der Waals surface area (Å²) < 4.78 is 0. The molecular weight excluding hydrogens is 250 g/mol. The maximum atomic E-state index is 12.1. The summed E-state index contributed by atoms with van der Waals surface area (Å²) in [5, 5.41) is 2.96. The van der Waals surface area contributed by atoms with Crippen molar-refractivity contribution in [2.45, 2.75) is 32.6 Å². The van der Waals surface area contributed by atoms with Gasteiger partial charge in [0.05, 0.1) is 5.56 Å². The van der Waals surface area contributed by atoms with Crippen LogP contribution < -0.4 is 11.1 Å². The number of nitrogens with zero attached hydrogens (tertiary/aromatic N) is 1. The first kappa shape index (κ1) is 14.9. The number of rotatable bonds is 5. The molecule has 3 N–H and O–H groups in total. The van der Waals surface area contributed by atoms with Crippen LogP contribution in [0.5, 0.6) is 0 Å². The van der Waals surface area contributed by atoms with Gasteiger partial charge in [0, 0.05) is 12.2 Å².